The van der Waals surface area contributed by atoms with Gasteiger partial charge in [0.2, 0.25) is 0 Å². The Morgan fingerprint density at radius 2 is 1.56 bits per heavy atom. The van der Waals surface area contributed by atoms with Crippen LogP contribution < -0.4 is 10.1 Å². The van der Waals surface area contributed by atoms with Crippen molar-refractivity contribution in [2.75, 3.05) is 26.7 Å². The maximum absolute atomic E-state index is 13.7. The molecule has 0 aliphatic carbocycles. The summed E-state index contributed by atoms with van der Waals surface area (Å²) in [4.78, 5) is 31.4. The first-order chi connectivity index (χ1) is 21.5. The third-order valence-electron chi connectivity index (χ3n) is 6.95. The number of phenolic OH excluding ortho intramolecular Hbond substituents is 1. The average molecular weight is 635 g/mol. The van der Waals surface area contributed by atoms with Crippen LogP contribution in [0, 0.1) is 11.8 Å². The molecule has 240 valence electrons. The highest BCUT2D eigenvalue weighted by Gasteiger charge is 2.26. The highest BCUT2D eigenvalue weighted by atomic mass is 32.2. The molecule has 11 heteroatoms. The van der Waals surface area contributed by atoms with Crippen LogP contribution in [0.2, 0.25) is 0 Å². The molecule has 0 saturated carbocycles. The van der Waals surface area contributed by atoms with Gasteiger partial charge in [-0.3, -0.25) is 9.59 Å². The Morgan fingerprint density at radius 1 is 0.933 bits per heavy atom. The van der Waals surface area contributed by atoms with Crippen molar-refractivity contribution in [2.24, 2.45) is 0 Å². The minimum atomic E-state index is -3.90. The lowest BCUT2D eigenvalue weighted by molar-refractivity contribution is 0.0687. The fraction of sp³-hybridized carbons (Fsp3) is 0.353. The summed E-state index contributed by atoms with van der Waals surface area (Å²) in [6.07, 6.45) is 0.532. The van der Waals surface area contributed by atoms with Gasteiger partial charge in [-0.25, -0.2) is 13.4 Å². The van der Waals surface area contributed by atoms with Gasteiger partial charge in [0.05, 0.1) is 17.0 Å². The number of benzene rings is 3. The number of phenols is 1. The smallest absolute Gasteiger partial charge is 0.253 e. The number of hydrazine groups is 1. The molecule has 3 rings (SSSR count). The molecule has 0 saturated heterocycles. The number of carbonyl (C=O) groups excluding carboxylic acids is 2. The van der Waals surface area contributed by atoms with E-state index in [-0.39, 0.29) is 35.1 Å². The fourth-order valence-electron chi connectivity index (χ4n) is 4.86. The van der Waals surface area contributed by atoms with Crippen molar-refractivity contribution >= 4 is 21.8 Å². The fourth-order valence-corrected chi connectivity index (χ4v) is 5.97. The van der Waals surface area contributed by atoms with Crippen molar-refractivity contribution in [3.63, 3.8) is 0 Å². The van der Waals surface area contributed by atoms with Gasteiger partial charge < -0.3 is 20.4 Å². The normalized spacial score (nSPS) is 12.6. The van der Waals surface area contributed by atoms with E-state index in [0.29, 0.717) is 24.2 Å². The summed E-state index contributed by atoms with van der Waals surface area (Å²) in [6.45, 7) is 6.67. The quantitative estimate of drug-likeness (QED) is 0.148. The Morgan fingerprint density at radius 3 is 2.16 bits per heavy atom. The second-order valence-electron chi connectivity index (χ2n) is 10.8. The summed E-state index contributed by atoms with van der Waals surface area (Å²) in [6, 6.07) is 18.1. The molecular formula is C34H42N4O6S. The maximum atomic E-state index is 13.7. The van der Waals surface area contributed by atoms with E-state index in [9.17, 15) is 28.2 Å². The highest BCUT2D eigenvalue weighted by Crippen LogP contribution is 2.17. The van der Waals surface area contributed by atoms with Crippen molar-refractivity contribution in [1.82, 2.24) is 20.1 Å². The van der Waals surface area contributed by atoms with Crippen molar-refractivity contribution in [3.8, 4) is 17.6 Å². The molecule has 3 aromatic rings. The number of hydrogen-bond donors (Lipinski definition) is 4. The number of aliphatic hydroxyl groups is 1. The summed E-state index contributed by atoms with van der Waals surface area (Å²) in [5.41, 5.74) is 1.77. The van der Waals surface area contributed by atoms with Crippen LogP contribution in [0.3, 0.4) is 0 Å². The summed E-state index contributed by atoms with van der Waals surface area (Å²) in [5.74, 6) is 5.10. The van der Waals surface area contributed by atoms with Crippen molar-refractivity contribution in [1.29, 1.82) is 0 Å². The van der Waals surface area contributed by atoms with Crippen LogP contribution in [0.15, 0.2) is 77.7 Å². The van der Waals surface area contributed by atoms with Crippen molar-refractivity contribution in [3.05, 3.63) is 95.1 Å². The minimum absolute atomic E-state index is 0.0668. The number of nitrogens with one attached hydrogen (secondary N) is 2. The zero-order valence-corrected chi connectivity index (χ0v) is 27.0. The molecule has 0 fully saturated rings. The van der Waals surface area contributed by atoms with E-state index in [1.807, 2.05) is 13.8 Å². The Bertz CT molecular complexity index is 1600. The Labute approximate surface area is 266 Å². The molecule has 0 heterocycles. The molecule has 2 unspecified atom stereocenters. The summed E-state index contributed by atoms with van der Waals surface area (Å²) in [5, 5.41) is 25.2. The molecule has 0 aliphatic heterocycles. The van der Waals surface area contributed by atoms with Crippen LogP contribution in [0.4, 0.5) is 0 Å². The highest BCUT2D eigenvalue weighted by molar-refractivity contribution is 7.89. The van der Waals surface area contributed by atoms with Gasteiger partial charge in [0.1, 0.15) is 5.75 Å². The van der Waals surface area contributed by atoms with E-state index in [0.717, 1.165) is 18.4 Å². The Kier molecular flexibility index (Phi) is 13.1. The third-order valence-corrected chi connectivity index (χ3v) is 8.39. The molecule has 0 radical (unpaired) electrons. The van der Waals surface area contributed by atoms with Gasteiger partial charge in [0, 0.05) is 43.4 Å². The standard InChI is InChI=1S/C34H42N4O6S/c1-5-11-26-20-27(23-28(21-26)34(42)38(18-6-2)19-7-3)33(41)35-31(22-25-14-16-29(39)17-15-25)32(40)24-37(4)36-45(43,44)30-12-9-8-10-13-30/h8-10,12-17,20-21,23,31-32,36,39-40H,6-7,18-19,22,24H2,1-4H3,(H,35,41). The van der Waals surface area contributed by atoms with E-state index in [4.69, 9.17) is 0 Å². The molecule has 4 N–H and O–H groups in total. The first-order valence-corrected chi connectivity index (χ1v) is 16.4. The first-order valence-electron chi connectivity index (χ1n) is 14.9. The number of aromatic hydroxyl groups is 1. The van der Waals surface area contributed by atoms with Crippen LogP contribution in [0.5, 0.6) is 5.75 Å². The maximum Gasteiger partial charge on any atom is 0.253 e. The van der Waals surface area contributed by atoms with E-state index in [1.54, 1.807) is 54.3 Å². The SMILES string of the molecule is CC#Cc1cc(C(=O)NC(Cc2ccc(O)cc2)C(O)CN(C)NS(=O)(=O)c2ccccc2)cc(C(=O)N(CCC)CCC)c1. The van der Waals surface area contributed by atoms with Crippen molar-refractivity contribution < 1.29 is 28.2 Å². The number of rotatable bonds is 15. The molecule has 0 aromatic heterocycles. The van der Waals surface area contributed by atoms with Gasteiger partial charge in [-0.2, -0.15) is 0 Å². The van der Waals surface area contributed by atoms with Crippen LogP contribution >= 0.6 is 0 Å². The molecule has 0 spiro atoms. The monoisotopic (exact) mass is 634 g/mol. The lowest BCUT2D eigenvalue weighted by Crippen LogP contribution is -2.52. The van der Waals surface area contributed by atoms with Gasteiger partial charge in [0.15, 0.2) is 0 Å². The molecular weight excluding hydrogens is 592 g/mol. The largest absolute Gasteiger partial charge is 0.508 e. The van der Waals surface area contributed by atoms with Crippen LogP contribution in [0.25, 0.3) is 0 Å². The molecule has 45 heavy (non-hydrogen) atoms. The zero-order valence-electron chi connectivity index (χ0n) is 26.2. The number of aliphatic hydroxyl groups excluding tert-OH is 1. The van der Waals surface area contributed by atoms with Gasteiger partial charge in [-0.05, 0) is 74.2 Å². The molecule has 2 atom stereocenters. The topological polar surface area (TPSA) is 139 Å². The predicted molar refractivity (Wildman–Crippen MR) is 174 cm³/mol. The second-order valence-corrected chi connectivity index (χ2v) is 12.4. The third kappa shape index (κ3) is 10.4. The van der Waals surface area contributed by atoms with Crippen LogP contribution in [-0.2, 0) is 16.4 Å². The number of hydrogen-bond acceptors (Lipinski definition) is 7. The van der Waals surface area contributed by atoms with Gasteiger partial charge in [-0.1, -0.05) is 50.1 Å². The first kappa shape index (κ1) is 35.3. The van der Waals surface area contributed by atoms with E-state index >= 15 is 0 Å². The lowest BCUT2D eigenvalue weighted by Gasteiger charge is -2.28. The molecule has 10 nitrogen and oxygen atoms in total. The summed E-state index contributed by atoms with van der Waals surface area (Å²) in [7, 11) is -2.42. The van der Waals surface area contributed by atoms with Gasteiger partial charge in [0.25, 0.3) is 21.8 Å². The number of sulfonamides is 1. The number of likely N-dealkylation sites (N-methyl/N-ethyl adjacent to an activating group) is 1. The van der Waals surface area contributed by atoms with Crippen LogP contribution in [-0.4, -0.2) is 79.2 Å². The average Bonchev–Trinajstić information content (AvgIpc) is 3.01. The minimum Gasteiger partial charge on any atom is -0.508 e. The lowest BCUT2D eigenvalue weighted by atomic mass is 9.99. The molecule has 0 bridgehead atoms. The molecule has 3 aromatic carbocycles. The summed E-state index contributed by atoms with van der Waals surface area (Å²) < 4.78 is 25.6. The van der Waals surface area contributed by atoms with Crippen molar-refractivity contribution in [2.45, 2.75) is 57.1 Å². The zero-order chi connectivity index (χ0) is 33.0. The molecule has 0 aliphatic rings. The second kappa shape index (κ2) is 16.7. The Hall–Kier alpha value is -4.21. The van der Waals surface area contributed by atoms with Gasteiger partial charge >= 0.3 is 0 Å². The number of amides is 2. The van der Waals surface area contributed by atoms with Crippen LogP contribution in [0.1, 0.15) is 65.5 Å². The number of nitrogens with zero attached hydrogens (tertiary/aromatic N) is 2. The van der Waals surface area contributed by atoms with Gasteiger partial charge in [-0.15, -0.1) is 10.8 Å². The predicted octanol–water partition coefficient (Wildman–Crippen LogP) is 3.55. The van der Waals surface area contributed by atoms with E-state index in [2.05, 4.69) is 22.0 Å². The van der Waals surface area contributed by atoms with E-state index in [1.165, 1.54) is 42.4 Å². The Balaban J connectivity index is 1.88. The van der Waals surface area contributed by atoms with E-state index < -0.39 is 28.1 Å². The number of carbonyl (C=O) groups is 2. The summed E-state index contributed by atoms with van der Waals surface area (Å²) >= 11 is 0. The molecule has 2 amide bonds.